The number of methoxy groups -OCH3 is 2. The topological polar surface area (TPSA) is 125 Å². The lowest BCUT2D eigenvalue weighted by atomic mass is 9.49. The zero-order chi connectivity index (χ0) is 36.5. The van der Waals surface area contributed by atoms with Gasteiger partial charge in [0.1, 0.15) is 17.2 Å². The van der Waals surface area contributed by atoms with Crippen LogP contribution < -0.4 is 14.9 Å². The average Bonchev–Trinajstić information content (AvgIpc) is 3.53. The maximum Gasteiger partial charge on any atom is 0.260 e. The van der Waals surface area contributed by atoms with Crippen LogP contribution in [-0.4, -0.2) is 58.9 Å². The minimum atomic E-state index is -1.58. The number of nitrogens with zero attached hydrogens (tertiary/aromatic N) is 2. The molecule has 10 nitrogen and oxygen atoms in total. The van der Waals surface area contributed by atoms with E-state index in [4.69, 9.17) is 32.7 Å². The maximum atomic E-state index is 15.4. The third-order valence-corrected chi connectivity index (χ3v) is 12.7. The van der Waals surface area contributed by atoms with Crippen LogP contribution in [0.1, 0.15) is 62.0 Å². The fourth-order valence-electron chi connectivity index (χ4n) is 9.81. The molecule has 0 radical (unpaired) electrons. The van der Waals surface area contributed by atoms with E-state index in [0.717, 1.165) is 42.7 Å². The number of fused-ring (bicyclic) bond motifs is 4. The molecule has 3 aromatic rings. The Bertz CT molecular complexity index is 2010. The van der Waals surface area contributed by atoms with Crippen LogP contribution in [0.5, 0.6) is 17.2 Å². The highest BCUT2D eigenvalue weighted by molar-refractivity contribution is 6.36. The summed E-state index contributed by atoms with van der Waals surface area (Å²) in [5, 5.41) is 13.3. The van der Waals surface area contributed by atoms with E-state index in [1.165, 1.54) is 24.1 Å². The predicted octanol–water partition coefficient (Wildman–Crippen LogP) is 7.03. The van der Waals surface area contributed by atoms with Gasteiger partial charge < -0.3 is 14.6 Å². The van der Waals surface area contributed by atoms with Gasteiger partial charge in [0.2, 0.25) is 11.8 Å². The number of amides is 4. The van der Waals surface area contributed by atoms with Gasteiger partial charge >= 0.3 is 0 Å². The average molecular weight is 745 g/mol. The SMILES string of the molecule is COc1ccc(C23C(=O)N(Nc4ccc(Cl)cc4Cl)C(=O)C2CC2C(=CCC4C(=O)N(C5CCCCC5)C(=O)C42)C3c2ccc(OC)cc2O)cc1. The van der Waals surface area contributed by atoms with Crippen molar-refractivity contribution in [1.29, 1.82) is 0 Å². The summed E-state index contributed by atoms with van der Waals surface area (Å²) in [6.07, 6.45) is 7.02. The van der Waals surface area contributed by atoms with E-state index in [0.29, 0.717) is 39.8 Å². The van der Waals surface area contributed by atoms with E-state index >= 15 is 4.79 Å². The number of carbonyl (C=O) groups excluding carboxylic acids is 4. The molecule has 4 amide bonds. The molecule has 0 aromatic heterocycles. The molecule has 6 atom stereocenters. The van der Waals surface area contributed by atoms with Gasteiger partial charge in [-0.25, -0.2) is 0 Å². The lowest BCUT2D eigenvalue weighted by Crippen LogP contribution is -2.53. The molecule has 2 saturated heterocycles. The molecular formula is C40H39Cl2N3O7. The van der Waals surface area contributed by atoms with E-state index in [9.17, 15) is 19.5 Å². The lowest BCUT2D eigenvalue weighted by Gasteiger charge is -2.50. The highest BCUT2D eigenvalue weighted by Crippen LogP contribution is 2.65. The summed E-state index contributed by atoms with van der Waals surface area (Å²) in [6, 6.07) is 16.5. The fourth-order valence-corrected chi connectivity index (χ4v) is 10.3. The van der Waals surface area contributed by atoms with Crippen molar-refractivity contribution in [3.8, 4) is 17.2 Å². The first-order valence-corrected chi connectivity index (χ1v) is 18.5. The first kappa shape index (κ1) is 34.5. The second-order valence-electron chi connectivity index (χ2n) is 14.5. The number of anilines is 1. The van der Waals surface area contributed by atoms with Crippen LogP contribution in [0.25, 0.3) is 0 Å². The molecule has 52 heavy (non-hydrogen) atoms. The smallest absolute Gasteiger partial charge is 0.260 e. The molecule has 2 aliphatic heterocycles. The van der Waals surface area contributed by atoms with Crippen LogP contribution in [0.4, 0.5) is 5.69 Å². The van der Waals surface area contributed by atoms with E-state index in [-0.39, 0.29) is 35.0 Å². The Hall–Kier alpha value is -4.54. The quantitative estimate of drug-likeness (QED) is 0.195. The number of phenolic OH excluding ortho intramolecular Hbond substituents is 1. The van der Waals surface area contributed by atoms with Crippen molar-refractivity contribution in [3.05, 3.63) is 93.5 Å². The Morgan fingerprint density at radius 2 is 1.54 bits per heavy atom. The van der Waals surface area contributed by atoms with Gasteiger partial charge in [-0.3, -0.25) is 29.5 Å². The minimum Gasteiger partial charge on any atom is -0.508 e. The Balaban J connectivity index is 1.33. The number of carbonyl (C=O) groups is 4. The molecule has 2 N–H and O–H groups in total. The number of likely N-dealkylation sites (tertiary alicyclic amines) is 1. The number of ether oxygens (including phenoxy) is 2. The van der Waals surface area contributed by atoms with Crippen LogP contribution in [0.2, 0.25) is 10.0 Å². The molecule has 0 bridgehead atoms. The van der Waals surface area contributed by atoms with Gasteiger partial charge in [-0.15, -0.1) is 0 Å². The van der Waals surface area contributed by atoms with Crippen molar-refractivity contribution in [2.24, 2.45) is 23.7 Å². The van der Waals surface area contributed by atoms with Crippen LogP contribution in [0.3, 0.4) is 0 Å². The lowest BCUT2D eigenvalue weighted by molar-refractivity contribution is -0.144. The van der Waals surface area contributed by atoms with Gasteiger partial charge in [-0.1, -0.05) is 72.3 Å². The van der Waals surface area contributed by atoms with Crippen LogP contribution in [-0.2, 0) is 24.6 Å². The first-order valence-electron chi connectivity index (χ1n) is 17.8. The van der Waals surface area contributed by atoms with Crippen molar-refractivity contribution < 1.29 is 33.8 Å². The molecule has 2 heterocycles. The van der Waals surface area contributed by atoms with E-state index < -0.39 is 46.8 Å². The van der Waals surface area contributed by atoms with Gasteiger partial charge in [-0.2, -0.15) is 5.01 Å². The largest absolute Gasteiger partial charge is 0.508 e. The predicted molar refractivity (Wildman–Crippen MR) is 194 cm³/mol. The van der Waals surface area contributed by atoms with E-state index in [2.05, 4.69) is 5.43 Å². The number of hydrazine groups is 1. The molecule has 5 aliphatic rings. The second-order valence-corrected chi connectivity index (χ2v) is 15.3. The summed E-state index contributed by atoms with van der Waals surface area (Å²) < 4.78 is 10.9. The van der Waals surface area contributed by atoms with Crippen LogP contribution in [0.15, 0.2) is 72.3 Å². The Morgan fingerprint density at radius 3 is 2.21 bits per heavy atom. The van der Waals surface area contributed by atoms with Crippen molar-refractivity contribution in [1.82, 2.24) is 9.91 Å². The molecule has 8 rings (SSSR count). The summed E-state index contributed by atoms with van der Waals surface area (Å²) in [5.41, 5.74) is 3.43. The monoisotopic (exact) mass is 743 g/mol. The molecule has 270 valence electrons. The summed E-state index contributed by atoms with van der Waals surface area (Å²) in [7, 11) is 3.04. The minimum absolute atomic E-state index is 0.121. The number of benzene rings is 3. The van der Waals surface area contributed by atoms with Gasteiger partial charge in [0.25, 0.3) is 11.8 Å². The maximum absolute atomic E-state index is 15.4. The third kappa shape index (κ3) is 5.12. The normalized spacial score (nSPS) is 28.7. The summed E-state index contributed by atoms with van der Waals surface area (Å²) >= 11 is 12.7. The number of allylic oxidation sites excluding steroid dienone is 2. The van der Waals surface area contributed by atoms with Gasteiger partial charge in [-0.05, 0) is 73.6 Å². The molecule has 6 unspecified atom stereocenters. The van der Waals surface area contributed by atoms with Crippen LogP contribution in [0, 0.1) is 23.7 Å². The van der Waals surface area contributed by atoms with Crippen molar-refractivity contribution in [3.63, 3.8) is 0 Å². The summed E-state index contributed by atoms with van der Waals surface area (Å²) in [5.74, 6) is -4.23. The Morgan fingerprint density at radius 1 is 0.827 bits per heavy atom. The number of rotatable bonds is 7. The van der Waals surface area contributed by atoms with Gasteiger partial charge in [0.15, 0.2) is 0 Å². The van der Waals surface area contributed by atoms with E-state index in [1.54, 1.807) is 55.6 Å². The second kappa shape index (κ2) is 13.1. The first-order chi connectivity index (χ1) is 25.1. The highest BCUT2D eigenvalue weighted by Gasteiger charge is 2.70. The number of aromatic hydroxyl groups is 1. The summed E-state index contributed by atoms with van der Waals surface area (Å²) in [4.78, 5) is 60.4. The highest BCUT2D eigenvalue weighted by atomic mass is 35.5. The van der Waals surface area contributed by atoms with Crippen LogP contribution >= 0.6 is 23.2 Å². The zero-order valence-electron chi connectivity index (χ0n) is 28.8. The van der Waals surface area contributed by atoms with Gasteiger partial charge in [0, 0.05) is 28.6 Å². The molecule has 4 fully saturated rings. The molecular weight excluding hydrogens is 705 g/mol. The van der Waals surface area contributed by atoms with Gasteiger partial charge in [0.05, 0.1) is 48.1 Å². The molecule has 12 heteroatoms. The summed E-state index contributed by atoms with van der Waals surface area (Å²) in [6.45, 7) is 0. The Labute approximate surface area is 311 Å². The number of halogens is 2. The number of hydrogen-bond donors (Lipinski definition) is 2. The number of phenols is 1. The molecule has 2 saturated carbocycles. The van der Waals surface area contributed by atoms with E-state index in [1.807, 2.05) is 6.08 Å². The van der Waals surface area contributed by atoms with Crippen molar-refractivity contribution >= 4 is 52.5 Å². The number of nitrogens with one attached hydrogen (secondary N) is 1. The number of imide groups is 2. The standard InChI is InChI=1S/C40H39Cl2N3O7/c1-51-24-11-8-21(9-12-24)40-30(37(48)45(39(40)50)43-32-17-10-22(41)18-31(32)42)20-29-26(35(40)27-14-13-25(52-2)19-33(27)46)15-16-28-34(29)38(49)44(36(28)47)23-6-4-3-5-7-23/h8-15,17-19,23,28-30,34-35,43,46H,3-7,16,20H2,1-2H3. The fraction of sp³-hybridized carbons (Fsp3) is 0.400. The zero-order valence-corrected chi connectivity index (χ0v) is 30.3. The van der Waals surface area contributed by atoms with Crippen molar-refractivity contribution in [2.75, 3.05) is 19.6 Å². The number of hydrogen-bond acceptors (Lipinski definition) is 8. The molecule has 0 spiro atoms. The Kier molecular flexibility index (Phi) is 8.73. The third-order valence-electron chi connectivity index (χ3n) is 12.1. The van der Waals surface area contributed by atoms with Crippen molar-refractivity contribution in [2.45, 2.75) is 62.3 Å². The molecule has 3 aromatic carbocycles. The molecule has 3 aliphatic carbocycles.